The fraction of sp³-hybridized carbons (Fsp3) is 0.765. The predicted molar refractivity (Wildman–Crippen MR) is 92.2 cm³/mol. The summed E-state index contributed by atoms with van der Waals surface area (Å²) in [6.45, 7) is 5.87. The van der Waals surface area contributed by atoms with E-state index in [2.05, 4.69) is 37.9 Å². The van der Waals surface area contributed by atoms with Crippen molar-refractivity contribution in [2.24, 2.45) is 17.8 Å². The van der Waals surface area contributed by atoms with Crippen LogP contribution >= 0.6 is 24.0 Å². The van der Waals surface area contributed by atoms with Gasteiger partial charge < -0.3 is 10.4 Å². The van der Waals surface area contributed by atoms with Crippen molar-refractivity contribution in [2.45, 2.75) is 62.2 Å². The molecule has 0 aromatic carbocycles. The average molecular weight is 326 g/mol. The molecule has 0 spiro atoms. The molecule has 0 saturated heterocycles. The summed E-state index contributed by atoms with van der Waals surface area (Å²) in [5.74, 6) is 2.17. The maximum Gasteiger partial charge on any atom is 0.0600 e. The van der Waals surface area contributed by atoms with Crippen LogP contribution in [0.1, 0.15) is 49.5 Å². The number of fused-ring (bicyclic) bond motifs is 2. The SMILES string of the molecule is Cc1cc(CNC2(C)CC3CC(CO)CC(C3)C2)sc1S. The van der Waals surface area contributed by atoms with E-state index in [0.29, 0.717) is 12.5 Å². The first-order chi connectivity index (χ1) is 9.97. The lowest BCUT2D eigenvalue weighted by Crippen LogP contribution is -2.50. The van der Waals surface area contributed by atoms with E-state index in [0.717, 1.165) is 22.6 Å². The van der Waals surface area contributed by atoms with Crippen molar-refractivity contribution in [1.29, 1.82) is 0 Å². The molecule has 1 aromatic rings. The molecule has 2 atom stereocenters. The third-order valence-corrected chi connectivity index (χ3v) is 7.03. The summed E-state index contributed by atoms with van der Waals surface area (Å²) >= 11 is 6.30. The van der Waals surface area contributed by atoms with Crippen LogP contribution in [0, 0.1) is 24.7 Å². The number of aliphatic hydroxyl groups excluding tert-OH is 1. The number of aryl methyl sites for hydroxylation is 1. The van der Waals surface area contributed by atoms with Crippen LogP contribution in [0.15, 0.2) is 10.3 Å². The molecule has 0 radical (unpaired) electrons. The molecule has 1 aromatic heterocycles. The lowest BCUT2D eigenvalue weighted by atomic mass is 9.62. The standard InChI is InChI=1S/C17H27NOS2/c1-11-3-15(21-16(11)20)9-18-17(2)7-12-4-13(8-17)6-14(5-12)10-19/h3,12-14,18-20H,4-10H2,1-2H3. The van der Waals surface area contributed by atoms with Gasteiger partial charge in [0.25, 0.3) is 0 Å². The topological polar surface area (TPSA) is 32.3 Å². The van der Waals surface area contributed by atoms with Gasteiger partial charge >= 0.3 is 0 Å². The van der Waals surface area contributed by atoms with E-state index in [9.17, 15) is 5.11 Å². The zero-order chi connectivity index (χ0) is 15.0. The number of hydrogen-bond donors (Lipinski definition) is 3. The Bertz CT molecular complexity index is 465. The Morgan fingerprint density at radius 3 is 2.52 bits per heavy atom. The maximum absolute atomic E-state index is 9.44. The molecule has 2 bridgehead atoms. The molecule has 2 aliphatic rings. The van der Waals surface area contributed by atoms with Crippen molar-refractivity contribution < 1.29 is 5.11 Å². The van der Waals surface area contributed by atoms with Crippen molar-refractivity contribution in [1.82, 2.24) is 5.32 Å². The zero-order valence-electron chi connectivity index (χ0n) is 13.1. The molecular weight excluding hydrogens is 298 g/mol. The van der Waals surface area contributed by atoms with Crippen LogP contribution < -0.4 is 5.32 Å². The number of aliphatic hydroxyl groups is 1. The molecule has 3 rings (SSSR count). The molecule has 0 aliphatic heterocycles. The highest BCUT2D eigenvalue weighted by Gasteiger charge is 2.41. The highest BCUT2D eigenvalue weighted by atomic mass is 32.2. The van der Waals surface area contributed by atoms with Gasteiger partial charge in [-0.3, -0.25) is 0 Å². The minimum atomic E-state index is 0.267. The second-order valence-corrected chi connectivity index (χ2v) is 9.40. The highest BCUT2D eigenvalue weighted by molar-refractivity contribution is 7.83. The number of nitrogens with one attached hydrogen (secondary N) is 1. The molecule has 2 nitrogen and oxygen atoms in total. The largest absolute Gasteiger partial charge is 0.396 e. The van der Waals surface area contributed by atoms with Crippen LogP contribution in [-0.4, -0.2) is 17.3 Å². The van der Waals surface area contributed by atoms with E-state index in [1.165, 1.54) is 42.5 Å². The van der Waals surface area contributed by atoms with Gasteiger partial charge in [-0.2, -0.15) is 0 Å². The van der Waals surface area contributed by atoms with Gasteiger partial charge in [-0.15, -0.1) is 24.0 Å². The molecule has 2 unspecified atom stereocenters. The second-order valence-electron chi connectivity index (χ2n) is 7.51. The summed E-state index contributed by atoms with van der Waals surface area (Å²) in [4.78, 5) is 1.39. The highest BCUT2D eigenvalue weighted by Crippen LogP contribution is 2.46. The summed E-state index contributed by atoms with van der Waals surface area (Å²) in [6.07, 6.45) is 6.36. The zero-order valence-corrected chi connectivity index (χ0v) is 14.8. The Balaban J connectivity index is 1.60. The summed E-state index contributed by atoms with van der Waals surface area (Å²) < 4.78 is 1.14. The van der Waals surface area contributed by atoms with E-state index in [1.54, 1.807) is 11.3 Å². The fourth-order valence-electron chi connectivity index (χ4n) is 4.61. The molecule has 2 fully saturated rings. The first kappa shape index (κ1) is 15.9. The molecule has 2 N–H and O–H groups in total. The van der Waals surface area contributed by atoms with Crippen LogP contribution in [0.2, 0.25) is 0 Å². The van der Waals surface area contributed by atoms with E-state index < -0.39 is 0 Å². The number of rotatable bonds is 4. The fourth-order valence-corrected chi connectivity index (χ4v) is 5.88. The molecule has 4 heteroatoms. The number of hydrogen-bond acceptors (Lipinski definition) is 4. The Morgan fingerprint density at radius 2 is 2.00 bits per heavy atom. The Morgan fingerprint density at radius 1 is 1.33 bits per heavy atom. The summed E-state index contributed by atoms with van der Waals surface area (Å²) in [5, 5.41) is 13.3. The van der Waals surface area contributed by atoms with Gasteiger partial charge in [-0.1, -0.05) is 0 Å². The van der Waals surface area contributed by atoms with Crippen LogP contribution in [0.3, 0.4) is 0 Å². The molecule has 2 saturated carbocycles. The lowest BCUT2D eigenvalue weighted by molar-refractivity contribution is 0.0457. The van der Waals surface area contributed by atoms with Crippen molar-refractivity contribution in [3.8, 4) is 0 Å². The quantitative estimate of drug-likeness (QED) is 0.731. The maximum atomic E-state index is 9.44. The number of thiol groups is 1. The third kappa shape index (κ3) is 3.66. The summed E-state index contributed by atoms with van der Waals surface area (Å²) in [5.41, 5.74) is 1.56. The van der Waals surface area contributed by atoms with Crippen LogP contribution in [0.25, 0.3) is 0 Å². The Kier molecular flexibility index (Phi) is 4.70. The molecule has 0 amide bonds. The van der Waals surface area contributed by atoms with E-state index in [1.807, 2.05) is 0 Å². The van der Waals surface area contributed by atoms with Crippen LogP contribution in [0.5, 0.6) is 0 Å². The van der Waals surface area contributed by atoms with Gasteiger partial charge in [-0.25, -0.2) is 0 Å². The van der Waals surface area contributed by atoms with Crippen molar-refractivity contribution in [3.05, 3.63) is 16.5 Å². The molecule has 2 aliphatic carbocycles. The van der Waals surface area contributed by atoms with Gasteiger partial charge in [0.15, 0.2) is 0 Å². The van der Waals surface area contributed by atoms with E-state index >= 15 is 0 Å². The van der Waals surface area contributed by atoms with Crippen molar-refractivity contribution >= 4 is 24.0 Å². The van der Waals surface area contributed by atoms with Crippen molar-refractivity contribution in [3.63, 3.8) is 0 Å². The van der Waals surface area contributed by atoms with Crippen LogP contribution in [-0.2, 0) is 6.54 Å². The summed E-state index contributed by atoms with van der Waals surface area (Å²) in [6, 6.07) is 2.26. The first-order valence-electron chi connectivity index (χ1n) is 8.11. The van der Waals surface area contributed by atoms with Crippen molar-refractivity contribution in [2.75, 3.05) is 6.61 Å². The predicted octanol–water partition coefficient (Wildman–Crippen LogP) is 4.01. The molecule has 1 heterocycles. The molecular formula is C17H27NOS2. The number of thiophene rings is 1. The second kappa shape index (κ2) is 6.23. The monoisotopic (exact) mass is 325 g/mol. The van der Waals surface area contributed by atoms with Gasteiger partial charge in [0.1, 0.15) is 0 Å². The molecule has 21 heavy (non-hydrogen) atoms. The minimum absolute atomic E-state index is 0.267. The normalized spacial score (nSPS) is 35.9. The smallest absolute Gasteiger partial charge is 0.0600 e. The van der Waals surface area contributed by atoms with E-state index in [4.69, 9.17) is 0 Å². The average Bonchev–Trinajstić information content (AvgIpc) is 2.74. The van der Waals surface area contributed by atoms with Gasteiger partial charge in [0, 0.05) is 23.6 Å². The Hall–Kier alpha value is -0.0300. The lowest BCUT2D eigenvalue weighted by Gasteiger charge is -2.48. The van der Waals surface area contributed by atoms with Gasteiger partial charge in [-0.05, 0) is 75.3 Å². The van der Waals surface area contributed by atoms with Gasteiger partial charge in [0.2, 0.25) is 0 Å². The minimum Gasteiger partial charge on any atom is -0.396 e. The summed E-state index contributed by atoms with van der Waals surface area (Å²) in [7, 11) is 0. The van der Waals surface area contributed by atoms with E-state index in [-0.39, 0.29) is 5.54 Å². The third-order valence-electron chi connectivity index (χ3n) is 5.37. The molecule has 118 valence electrons. The van der Waals surface area contributed by atoms with Gasteiger partial charge in [0.05, 0.1) is 4.21 Å². The van der Waals surface area contributed by atoms with Crippen LogP contribution in [0.4, 0.5) is 0 Å². The first-order valence-corrected chi connectivity index (χ1v) is 9.38. The Labute approximate surface area is 137 Å².